The van der Waals surface area contributed by atoms with E-state index in [0.29, 0.717) is 36.6 Å². The third-order valence-electron chi connectivity index (χ3n) is 6.24. The van der Waals surface area contributed by atoms with Crippen molar-refractivity contribution in [2.45, 2.75) is 36.6 Å². The van der Waals surface area contributed by atoms with Crippen LogP contribution in [0.1, 0.15) is 25.7 Å². The van der Waals surface area contributed by atoms with Crippen LogP contribution in [0.15, 0.2) is 23.1 Å². The maximum atomic E-state index is 13.3. The fraction of sp³-hybridized carbons (Fsp3) is 0.632. The highest BCUT2D eigenvalue weighted by Gasteiger charge is 2.39. The minimum Gasteiger partial charge on any atom is -0.341 e. The Morgan fingerprint density at radius 1 is 1.03 bits per heavy atom. The first-order valence-corrected chi connectivity index (χ1v) is 12.5. The molecule has 29 heavy (non-hydrogen) atoms. The van der Waals surface area contributed by atoms with Crippen molar-refractivity contribution in [2.75, 3.05) is 39.3 Å². The quantitative estimate of drug-likeness (QED) is 0.706. The number of hydrogen-bond donors (Lipinski definition) is 0. The predicted octanol–water partition coefficient (Wildman–Crippen LogP) is 1.40. The summed E-state index contributed by atoms with van der Waals surface area (Å²) in [5.74, 6) is 0.928. The molecule has 10 heteroatoms. The van der Waals surface area contributed by atoms with Crippen molar-refractivity contribution in [1.29, 1.82) is 0 Å². The monoisotopic (exact) mass is 435 g/mol. The van der Waals surface area contributed by atoms with E-state index in [0.717, 1.165) is 44.2 Å². The highest BCUT2D eigenvalue weighted by atomic mass is 32.2. The van der Waals surface area contributed by atoms with Gasteiger partial charge in [-0.25, -0.2) is 8.42 Å². The molecular weight excluding hydrogens is 410 g/mol. The fourth-order valence-corrected chi connectivity index (χ4v) is 6.67. The number of likely N-dealkylation sites (tertiary alicyclic amines) is 1. The van der Waals surface area contributed by atoms with E-state index in [4.69, 9.17) is 0 Å². The van der Waals surface area contributed by atoms with Gasteiger partial charge in [-0.2, -0.15) is 13.1 Å². The van der Waals surface area contributed by atoms with Crippen LogP contribution >= 0.6 is 11.7 Å². The average molecular weight is 436 g/mol. The third-order valence-corrected chi connectivity index (χ3v) is 8.71. The van der Waals surface area contributed by atoms with E-state index < -0.39 is 10.0 Å². The predicted molar refractivity (Wildman–Crippen MR) is 110 cm³/mol. The molecule has 5 rings (SSSR count). The molecule has 8 nitrogen and oxygen atoms in total. The molecule has 3 heterocycles. The molecule has 0 N–H and O–H groups in total. The molecule has 0 radical (unpaired) electrons. The first-order valence-electron chi connectivity index (χ1n) is 10.3. The number of aromatic nitrogens is 2. The van der Waals surface area contributed by atoms with Gasteiger partial charge in [-0.15, -0.1) is 0 Å². The van der Waals surface area contributed by atoms with Gasteiger partial charge >= 0.3 is 0 Å². The molecule has 1 amide bonds. The highest BCUT2D eigenvalue weighted by Crippen LogP contribution is 2.32. The topological polar surface area (TPSA) is 86.7 Å². The van der Waals surface area contributed by atoms with Gasteiger partial charge in [-0.1, -0.05) is 6.07 Å². The lowest BCUT2D eigenvalue weighted by molar-refractivity contribution is -0.132. The third kappa shape index (κ3) is 3.67. The second kappa shape index (κ2) is 7.57. The summed E-state index contributed by atoms with van der Waals surface area (Å²) >= 11 is 1.03. The molecule has 1 aliphatic carbocycles. The molecule has 0 bridgehead atoms. The van der Waals surface area contributed by atoms with Crippen LogP contribution in [0.25, 0.3) is 11.0 Å². The SMILES string of the molecule is O=C1[C@H](N2CCCN(S(=O)(=O)c3cccc4nsnc34)CC2)CCN1CC1CC1. The summed E-state index contributed by atoms with van der Waals surface area (Å²) < 4.78 is 36.5. The van der Waals surface area contributed by atoms with Crippen LogP contribution < -0.4 is 0 Å². The van der Waals surface area contributed by atoms with E-state index in [1.54, 1.807) is 22.5 Å². The maximum absolute atomic E-state index is 13.3. The molecule has 3 fully saturated rings. The van der Waals surface area contributed by atoms with Crippen LogP contribution in [0.2, 0.25) is 0 Å². The van der Waals surface area contributed by atoms with Crippen LogP contribution in [0.5, 0.6) is 0 Å². The van der Waals surface area contributed by atoms with E-state index in [-0.39, 0.29) is 16.8 Å². The lowest BCUT2D eigenvalue weighted by Crippen LogP contribution is -2.44. The van der Waals surface area contributed by atoms with Crippen molar-refractivity contribution < 1.29 is 13.2 Å². The second-order valence-electron chi connectivity index (χ2n) is 8.21. The summed E-state index contributed by atoms with van der Waals surface area (Å²) in [6, 6.07) is 5.01. The number of nitrogens with zero attached hydrogens (tertiary/aromatic N) is 5. The first-order chi connectivity index (χ1) is 14.0. The van der Waals surface area contributed by atoms with Crippen LogP contribution in [0.3, 0.4) is 0 Å². The number of hydrogen-bond acceptors (Lipinski definition) is 7. The van der Waals surface area contributed by atoms with E-state index in [1.807, 2.05) is 4.90 Å². The Hall–Kier alpha value is -1.62. The Morgan fingerprint density at radius 2 is 1.90 bits per heavy atom. The van der Waals surface area contributed by atoms with Gasteiger partial charge in [0.2, 0.25) is 15.9 Å². The Bertz CT molecular complexity index is 1020. The lowest BCUT2D eigenvalue weighted by atomic mass is 10.2. The number of carbonyl (C=O) groups excluding carboxylic acids is 1. The normalized spacial score (nSPS) is 25.0. The highest BCUT2D eigenvalue weighted by molar-refractivity contribution is 7.89. The summed E-state index contributed by atoms with van der Waals surface area (Å²) in [4.78, 5) is 17.3. The summed E-state index contributed by atoms with van der Waals surface area (Å²) in [5.41, 5.74) is 1.06. The van der Waals surface area contributed by atoms with Crippen LogP contribution in [-0.4, -0.2) is 82.5 Å². The van der Waals surface area contributed by atoms with E-state index in [1.165, 1.54) is 12.8 Å². The minimum absolute atomic E-state index is 0.0948. The van der Waals surface area contributed by atoms with Gasteiger partial charge in [0.1, 0.15) is 15.9 Å². The zero-order valence-corrected chi connectivity index (χ0v) is 17.9. The maximum Gasteiger partial charge on any atom is 0.245 e. The zero-order valence-electron chi connectivity index (χ0n) is 16.2. The molecule has 1 atom stereocenters. The van der Waals surface area contributed by atoms with Crippen molar-refractivity contribution in [3.05, 3.63) is 18.2 Å². The van der Waals surface area contributed by atoms with Crippen molar-refractivity contribution >= 4 is 38.7 Å². The molecule has 156 valence electrons. The Kier molecular flexibility index (Phi) is 5.05. The van der Waals surface area contributed by atoms with Gasteiger partial charge in [-0.05, 0) is 43.7 Å². The molecule has 0 unspecified atom stereocenters. The van der Waals surface area contributed by atoms with Gasteiger partial charge < -0.3 is 4.90 Å². The molecule has 1 saturated carbocycles. The molecule has 1 aromatic heterocycles. The van der Waals surface area contributed by atoms with Crippen molar-refractivity contribution in [2.24, 2.45) is 5.92 Å². The van der Waals surface area contributed by atoms with E-state index >= 15 is 0 Å². The van der Waals surface area contributed by atoms with Crippen LogP contribution in [0.4, 0.5) is 0 Å². The lowest BCUT2D eigenvalue weighted by Gasteiger charge is -2.26. The van der Waals surface area contributed by atoms with Gasteiger partial charge in [0.25, 0.3) is 0 Å². The molecule has 2 saturated heterocycles. The summed E-state index contributed by atoms with van der Waals surface area (Å²) in [6.07, 6.45) is 4.05. The Labute approximate surface area is 174 Å². The largest absolute Gasteiger partial charge is 0.341 e. The van der Waals surface area contributed by atoms with Gasteiger partial charge in [-0.3, -0.25) is 9.69 Å². The minimum atomic E-state index is -3.65. The van der Waals surface area contributed by atoms with E-state index in [9.17, 15) is 13.2 Å². The van der Waals surface area contributed by atoms with Gasteiger partial charge in [0, 0.05) is 39.3 Å². The molecule has 1 aromatic carbocycles. The summed E-state index contributed by atoms with van der Waals surface area (Å²) in [7, 11) is -3.65. The molecule has 2 aliphatic heterocycles. The first kappa shape index (κ1) is 19.3. The fourth-order valence-electron chi connectivity index (χ4n) is 4.45. The Morgan fingerprint density at radius 3 is 2.72 bits per heavy atom. The smallest absolute Gasteiger partial charge is 0.245 e. The molecule has 2 aromatic rings. The standard InChI is InChI=1S/C19H25N5O3S2/c25-19-16(7-10-23(19)13-14-5-6-14)22-8-2-9-24(12-11-22)29(26,27)17-4-1-3-15-18(17)21-28-20-15/h1,3-4,14,16H,2,5-13H2/t16-/m1/s1. The van der Waals surface area contributed by atoms with Crippen LogP contribution in [-0.2, 0) is 14.8 Å². The van der Waals surface area contributed by atoms with Crippen molar-refractivity contribution in [3.63, 3.8) is 0 Å². The molecule has 3 aliphatic rings. The number of rotatable bonds is 5. The Balaban J connectivity index is 1.30. The van der Waals surface area contributed by atoms with Crippen molar-refractivity contribution in [3.8, 4) is 0 Å². The summed E-state index contributed by atoms with van der Waals surface area (Å²) in [5, 5.41) is 0. The number of benzene rings is 1. The van der Waals surface area contributed by atoms with Gasteiger partial charge in [0.05, 0.1) is 17.8 Å². The molecule has 0 spiro atoms. The average Bonchev–Trinajstić information content (AvgIpc) is 3.36. The number of carbonyl (C=O) groups is 1. The number of sulfonamides is 1. The van der Waals surface area contributed by atoms with Gasteiger partial charge in [0.15, 0.2) is 0 Å². The zero-order chi connectivity index (χ0) is 20.0. The number of fused-ring (bicyclic) bond motifs is 1. The van der Waals surface area contributed by atoms with Crippen LogP contribution in [0, 0.1) is 5.92 Å². The second-order valence-corrected chi connectivity index (χ2v) is 10.6. The number of amides is 1. The van der Waals surface area contributed by atoms with E-state index in [2.05, 4.69) is 13.6 Å². The van der Waals surface area contributed by atoms with Crippen molar-refractivity contribution in [1.82, 2.24) is 22.9 Å². The molecular formula is C19H25N5O3S2. The summed E-state index contributed by atoms with van der Waals surface area (Å²) in [6.45, 7) is 3.91.